The van der Waals surface area contributed by atoms with Crippen LogP contribution >= 0.6 is 0 Å². The fourth-order valence-corrected chi connectivity index (χ4v) is 3.35. The van der Waals surface area contributed by atoms with Gasteiger partial charge in [0.25, 0.3) is 0 Å². The van der Waals surface area contributed by atoms with E-state index >= 15 is 0 Å². The number of aryl methyl sites for hydroxylation is 2. The lowest BCUT2D eigenvalue weighted by Crippen LogP contribution is -2.42. The average molecular weight is 302 g/mol. The van der Waals surface area contributed by atoms with Gasteiger partial charge in [-0.05, 0) is 38.5 Å². The van der Waals surface area contributed by atoms with Crippen LogP contribution in [0, 0.1) is 20.8 Å². The SMILES string of the molecule is Cc1ccc2c(c1)c(C)c(C)n2C[C@@H](O)CN1CCOCC1. The second-order valence-electron chi connectivity index (χ2n) is 6.41. The average Bonchev–Trinajstić information content (AvgIpc) is 2.73. The van der Waals surface area contributed by atoms with E-state index < -0.39 is 0 Å². The molecule has 4 heteroatoms. The van der Waals surface area contributed by atoms with Crippen LogP contribution in [0.1, 0.15) is 16.8 Å². The second kappa shape index (κ2) is 6.41. The first-order valence-corrected chi connectivity index (χ1v) is 8.10. The monoisotopic (exact) mass is 302 g/mol. The minimum atomic E-state index is -0.354. The van der Waals surface area contributed by atoms with Crippen molar-refractivity contribution in [3.8, 4) is 0 Å². The molecule has 120 valence electrons. The molecule has 0 bridgehead atoms. The Labute approximate surface area is 132 Å². The van der Waals surface area contributed by atoms with Gasteiger partial charge in [-0.1, -0.05) is 11.6 Å². The maximum absolute atomic E-state index is 10.5. The number of aliphatic hydroxyl groups excluding tert-OH is 1. The van der Waals surface area contributed by atoms with E-state index in [2.05, 4.69) is 48.4 Å². The van der Waals surface area contributed by atoms with Crippen LogP contribution in [0.25, 0.3) is 10.9 Å². The third-order valence-electron chi connectivity index (χ3n) is 4.76. The van der Waals surface area contributed by atoms with Gasteiger partial charge in [0.15, 0.2) is 0 Å². The number of rotatable bonds is 4. The van der Waals surface area contributed by atoms with Crippen LogP contribution in [-0.4, -0.2) is 53.5 Å². The maximum Gasteiger partial charge on any atom is 0.0845 e. The zero-order chi connectivity index (χ0) is 15.7. The number of aromatic nitrogens is 1. The minimum absolute atomic E-state index is 0.354. The van der Waals surface area contributed by atoms with Crippen molar-refractivity contribution in [2.75, 3.05) is 32.8 Å². The number of benzene rings is 1. The van der Waals surface area contributed by atoms with E-state index in [0.29, 0.717) is 13.1 Å². The maximum atomic E-state index is 10.5. The predicted molar refractivity (Wildman–Crippen MR) is 89.4 cm³/mol. The number of hydrogen-bond donors (Lipinski definition) is 1. The summed E-state index contributed by atoms with van der Waals surface area (Å²) in [7, 11) is 0. The molecule has 1 aliphatic rings. The summed E-state index contributed by atoms with van der Waals surface area (Å²) in [5.74, 6) is 0. The highest BCUT2D eigenvalue weighted by Gasteiger charge is 2.18. The molecule has 2 heterocycles. The van der Waals surface area contributed by atoms with Crippen LogP contribution in [0.4, 0.5) is 0 Å². The lowest BCUT2D eigenvalue weighted by molar-refractivity contribution is 0.0116. The van der Waals surface area contributed by atoms with E-state index in [1.54, 1.807) is 0 Å². The first-order valence-electron chi connectivity index (χ1n) is 8.10. The fourth-order valence-electron chi connectivity index (χ4n) is 3.35. The molecule has 22 heavy (non-hydrogen) atoms. The number of fused-ring (bicyclic) bond motifs is 1. The van der Waals surface area contributed by atoms with Gasteiger partial charge >= 0.3 is 0 Å². The molecule has 1 atom stereocenters. The van der Waals surface area contributed by atoms with Crippen molar-refractivity contribution >= 4 is 10.9 Å². The van der Waals surface area contributed by atoms with Gasteiger partial charge in [0.05, 0.1) is 25.9 Å². The van der Waals surface area contributed by atoms with Gasteiger partial charge in [-0.25, -0.2) is 0 Å². The molecule has 4 nitrogen and oxygen atoms in total. The number of aliphatic hydroxyl groups is 1. The van der Waals surface area contributed by atoms with Crippen molar-refractivity contribution in [2.45, 2.75) is 33.4 Å². The number of ether oxygens (including phenoxy) is 1. The van der Waals surface area contributed by atoms with Crippen LogP contribution < -0.4 is 0 Å². The second-order valence-corrected chi connectivity index (χ2v) is 6.41. The van der Waals surface area contributed by atoms with Crippen molar-refractivity contribution in [1.82, 2.24) is 9.47 Å². The normalized spacial score (nSPS) is 18.0. The van der Waals surface area contributed by atoms with E-state index in [4.69, 9.17) is 4.74 Å². The summed E-state index contributed by atoms with van der Waals surface area (Å²) in [6.45, 7) is 11.2. The number of hydrogen-bond acceptors (Lipinski definition) is 3. The Morgan fingerprint density at radius 3 is 2.59 bits per heavy atom. The van der Waals surface area contributed by atoms with Crippen LogP contribution in [0.5, 0.6) is 0 Å². The van der Waals surface area contributed by atoms with Gasteiger partial charge in [0, 0.05) is 36.2 Å². The van der Waals surface area contributed by atoms with Gasteiger partial charge in [-0.2, -0.15) is 0 Å². The van der Waals surface area contributed by atoms with Gasteiger partial charge < -0.3 is 14.4 Å². The quantitative estimate of drug-likeness (QED) is 0.941. The standard InChI is InChI=1S/C18H26N2O2/c1-13-4-5-18-17(10-13)14(2)15(3)20(18)12-16(21)11-19-6-8-22-9-7-19/h4-5,10,16,21H,6-9,11-12H2,1-3H3/t16-/m0/s1. The molecule has 1 N–H and O–H groups in total. The van der Waals surface area contributed by atoms with E-state index in [1.807, 2.05) is 0 Å². The topological polar surface area (TPSA) is 37.6 Å². The molecule has 1 aliphatic heterocycles. The summed E-state index contributed by atoms with van der Waals surface area (Å²) in [5.41, 5.74) is 5.07. The lowest BCUT2D eigenvalue weighted by atomic mass is 10.1. The minimum Gasteiger partial charge on any atom is -0.390 e. The van der Waals surface area contributed by atoms with E-state index in [9.17, 15) is 5.11 Å². The molecule has 2 aromatic rings. The molecule has 1 aromatic heterocycles. The molecule has 1 fully saturated rings. The molecule has 0 saturated carbocycles. The van der Waals surface area contributed by atoms with Crippen molar-refractivity contribution < 1.29 is 9.84 Å². The molecule has 0 unspecified atom stereocenters. The first kappa shape index (κ1) is 15.5. The molecular weight excluding hydrogens is 276 g/mol. The van der Waals surface area contributed by atoms with Crippen molar-refractivity contribution in [3.63, 3.8) is 0 Å². The molecule has 0 spiro atoms. The van der Waals surface area contributed by atoms with Crippen LogP contribution in [0.2, 0.25) is 0 Å². The van der Waals surface area contributed by atoms with Crippen molar-refractivity contribution in [3.05, 3.63) is 35.0 Å². The molecular formula is C18H26N2O2. The molecule has 0 amide bonds. The first-order chi connectivity index (χ1) is 10.6. The Bertz CT molecular complexity index is 657. The summed E-state index contributed by atoms with van der Waals surface area (Å²) in [4.78, 5) is 2.28. The van der Waals surface area contributed by atoms with Gasteiger partial charge in [0.1, 0.15) is 0 Å². The summed E-state index contributed by atoms with van der Waals surface area (Å²) in [6, 6.07) is 6.56. The van der Waals surface area contributed by atoms with Crippen molar-refractivity contribution in [1.29, 1.82) is 0 Å². The third-order valence-corrected chi connectivity index (χ3v) is 4.76. The molecule has 1 aromatic carbocycles. The summed E-state index contributed by atoms with van der Waals surface area (Å²) < 4.78 is 7.62. The zero-order valence-corrected chi connectivity index (χ0v) is 13.8. The van der Waals surface area contributed by atoms with Gasteiger partial charge in [0.2, 0.25) is 0 Å². The summed E-state index contributed by atoms with van der Waals surface area (Å²) >= 11 is 0. The number of β-amino-alcohol motifs (C(OH)–C–C–N with tert-alkyl or cyclic N) is 1. The number of nitrogens with zero attached hydrogens (tertiary/aromatic N) is 2. The zero-order valence-electron chi connectivity index (χ0n) is 13.8. The van der Waals surface area contributed by atoms with E-state index in [0.717, 1.165) is 26.3 Å². The van der Waals surface area contributed by atoms with Crippen LogP contribution in [-0.2, 0) is 11.3 Å². The van der Waals surface area contributed by atoms with Crippen LogP contribution in [0.15, 0.2) is 18.2 Å². The van der Waals surface area contributed by atoms with E-state index in [1.165, 1.54) is 27.7 Å². The molecule has 0 aliphatic carbocycles. The highest BCUT2D eigenvalue weighted by Crippen LogP contribution is 2.26. The number of morpholine rings is 1. The Morgan fingerprint density at radius 1 is 1.14 bits per heavy atom. The Hall–Kier alpha value is -1.36. The van der Waals surface area contributed by atoms with Crippen molar-refractivity contribution in [2.24, 2.45) is 0 Å². The smallest absolute Gasteiger partial charge is 0.0845 e. The highest BCUT2D eigenvalue weighted by atomic mass is 16.5. The summed E-state index contributed by atoms with van der Waals surface area (Å²) in [5, 5.41) is 11.8. The van der Waals surface area contributed by atoms with Gasteiger partial charge in [-0.15, -0.1) is 0 Å². The fraction of sp³-hybridized carbons (Fsp3) is 0.556. The predicted octanol–water partition coefficient (Wildman–Crippen LogP) is 2.26. The Balaban J connectivity index is 1.79. The van der Waals surface area contributed by atoms with Crippen LogP contribution in [0.3, 0.4) is 0 Å². The summed E-state index contributed by atoms with van der Waals surface area (Å²) in [6.07, 6.45) is -0.354. The largest absolute Gasteiger partial charge is 0.390 e. The third kappa shape index (κ3) is 3.05. The van der Waals surface area contributed by atoms with Gasteiger partial charge in [-0.3, -0.25) is 4.90 Å². The lowest BCUT2D eigenvalue weighted by Gasteiger charge is -2.29. The Morgan fingerprint density at radius 2 is 1.86 bits per heavy atom. The molecule has 1 saturated heterocycles. The molecule has 0 radical (unpaired) electrons. The molecule has 3 rings (SSSR count). The Kier molecular flexibility index (Phi) is 4.52. The highest BCUT2D eigenvalue weighted by molar-refractivity contribution is 5.85. The van der Waals surface area contributed by atoms with E-state index in [-0.39, 0.29) is 6.10 Å².